The molecule has 1 N–H and O–H groups in total. The molecule has 0 bridgehead atoms. The summed E-state index contributed by atoms with van der Waals surface area (Å²) in [5.74, 6) is 0.807. The number of hydrogen-bond acceptors (Lipinski definition) is 6. The minimum Gasteiger partial charge on any atom is -0.512 e. The van der Waals surface area contributed by atoms with E-state index < -0.39 is 0 Å². The number of carbonyl (C=O) groups excluding carboxylic acids is 1. The molecule has 0 aliphatic heterocycles. The van der Waals surface area contributed by atoms with Crippen molar-refractivity contribution in [1.82, 2.24) is 15.0 Å². The molecule has 3 heterocycles. The van der Waals surface area contributed by atoms with Crippen LogP contribution in [-0.4, -0.2) is 25.8 Å². The number of allylic oxidation sites excluding steroid dienone is 2. The van der Waals surface area contributed by atoms with Crippen LogP contribution in [0, 0.1) is 22.8 Å². The number of hydrogen-bond donors (Lipinski definition) is 1. The second-order valence-electron chi connectivity index (χ2n) is 15.5. The Bertz CT molecular complexity index is 1960. The molecule has 2 aromatic carbocycles. The topological polar surface area (TPSA) is 89.1 Å². The number of ketones is 1. The van der Waals surface area contributed by atoms with Crippen LogP contribution in [0.5, 0.6) is 0 Å². The molecular formula is C44H56IrN3O3-. The predicted molar refractivity (Wildman–Crippen MR) is 207 cm³/mol. The van der Waals surface area contributed by atoms with E-state index in [0.717, 1.165) is 76.7 Å². The molecular weight excluding hydrogens is 811 g/mol. The molecule has 0 unspecified atom stereocenters. The molecule has 6 nitrogen and oxygen atoms in total. The maximum absolute atomic E-state index is 12.2. The maximum atomic E-state index is 12.2. The van der Waals surface area contributed by atoms with Crippen LogP contribution in [0.3, 0.4) is 0 Å². The standard InChI is InChI=1S/C29H28N3O.C15H28O2.Ir/c1-18(2)12-26-22-10-11-33-28(22)23(16-30-26)27-15-25(31-17-32-27)20-13-19-8-6-7-9-21(19)24(14-20)29(3,4)5;1-7-14(5,8-2)12(16)11-13(17)15(6,9-3)10-4;/h6-11,14-18H,12H2,1-5H3;11,16H,7-10H2,1-6H3;/q-1;;/b;12-11-;. The first kappa shape index (κ1) is 41.7. The third-order valence-electron chi connectivity index (χ3n) is 10.6. The molecule has 0 spiro atoms. The summed E-state index contributed by atoms with van der Waals surface area (Å²) in [7, 11) is 0. The summed E-state index contributed by atoms with van der Waals surface area (Å²) in [5, 5.41) is 13.5. The van der Waals surface area contributed by atoms with Gasteiger partial charge in [0, 0.05) is 54.3 Å². The van der Waals surface area contributed by atoms with Crippen molar-refractivity contribution in [1.29, 1.82) is 0 Å². The van der Waals surface area contributed by atoms with Crippen molar-refractivity contribution in [2.45, 2.75) is 114 Å². The van der Waals surface area contributed by atoms with Crippen molar-refractivity contribution >= 4 is 27.5 Å². The van der Waals surface area contributed by atoms with Gasteiger partial charge >= 0.3 is 0 Å². The molecule has 5 rings (SSSR count). The minimum atomic E-state index is -0.337. The van der Waals surface area contributed by atoms with E-state index >= 15 is 0 Å². The molecule has 0 atom stereocenters. The molecule has 1 radical (unpaired) electrons. The van der Waals surface area contributed by atoms with Gasteiger partial charge in [-0.05, 0) is 55.6 Å². The first-order chi connectivity index (χ1) is 23.6. The molecule has 275 valence electrons. The van der Waals surface area contributed by atoms with Crippen molar-refractivity contribution < 1.29 is 34.4 Å². The summed E-state index contributed by atoms with van der Waals surface area (Å²) in [6.45, 7) is 23.2. The van der Waals surface area contributed by atoms with Crippen LogP contribution in [0.4, 0.5) is 0 Å². The van der Waals surface area contributed by atoms with Crippen molar-refractivity contribution in [3.05, 3.63) is 90.4 Å². The van der Waals surface area contributed by atoms with E-state index in [1.807, 2.05) is 59.9 Å². The van der Waals surface area contributed by atoms with Gasteiger partial charge in [0.1, 0.15) is 17.7 Å². The zero-order valence-electron chi connectivity index (χ0n) is 32.4. The fourth-order valence-corrected chi connectivity index (χ4v) is 6.07. The van der Waals surface area contributed by atoms with Crippen molar-refractivity contribution in [2.75, 3.05) is 0 Å². The van der Waals surface area contributed by atoms with Gasteiger partial charge in [0.25, 0.3) is 0 Å². The van der Waals surface area contributed by atoms with Crippen LogP contribution < -0.4 is 0 Å². The van der Waals surface area contributed by atoms with Crippen LogP contribution in [-0.2, 0) is 36.7 Å². The van der Waals surface area contributed by atoms with E-state index in [1.165, 1.54) is 17.0 Å². The van der Waals surface area contributed by atoms with E-state index in [1.54, 1.807) is 12.6 Å². The number of aliphatic hydroxyl groups excluding tert-OH is 1. The van der Waals surface area contributed by atoms with Gasteiger partial charge in [-0.15, -0.1) is 29.1 Å². The van der Waals surface area contributed by atoms with Gasteiger partial charge in [-0.2, -0.15) is 0 Å². The summed E-state index contributed by atoms with van der Waals surface area (Å²) in [6.07, 6.45) is 10.9. The van der Waals surface area contributed by atoms with Crippen molar-refractivity contribution in [3.8, 4) is 22.5 Å². The Morgan fingerprint density at radius 2 is 1.49 bits per heavy atom. The Balaban J connectivity index is 0.000000335. The molecule has 5 aromatic rings. The van der Waals surface area contributed by atoms with Gasteiger partial charge < -0.3 is 9.52 Å². The number of benzene rings is 2. The van der Waals surface area contributed by atoms with E-state index in [2.05, 4.69) is 81.0 Å². The monoisotopic (exact) mass is 867 g/mol. The Hall–Kier alpha value is -3.67. The van der Waals surface area contributed by atoms with Crippen molar-refractivity contribution in [3.63, 3.8) is 0 Å². The predicted octanol–water partition coefficient (Wildman–Crippen LogP) is 12.0. The Morgan fingerprint density at radius 3 is 2.10 bits per heavy atom. The number of nitrogens with zero attached hydrogens (tertiary/aromatic N) is 3. The molecule has 0 aliphatic carbocycles. The van der Waals surface area contributed by atoms with Crippen LogP contribution in [0.25, 0.3) is 44.3 Å². The van der Waals surface area contributed by atoms with E-state index in [0.29, 0.717) is 5.92 Å². The number of rotatable bonds is 11. The van der Waals surface area contributed by atoms with Gasteiger partial charge in [-0.3, -0.25) is 14.8 Å². The number of furan rings is 1. The largest absolute Gasteiger partial charge is 0.512 e. The molecule has 3 aromatic heterocycles. The normalized spacial score (nSPS) is 12.5. The second kappa shape index (κ2) is 17.2. The van der Waals surface area contributed by atoms with Crippen molar-refractivity contribution in [2.24, 2.45) is 16.7 Å². The first-order valence-corrected chi connectivity index (χ1v) is 18.2. The molecule has 0 saturated heterocycles. The smallest absolute Gasteiger partial charge is 0.164 e. The average Bonchev–Trinajstić information content (AvgIpc) is 3.61. The fourth-order valence-electron chi connectivity index (χ4n) is 6.07. The van der Waals surface area contributed by atoms with E-state index in [-0.39, 0.29) is 47.9 Å². The number of fused-ring (bicyclic) bond motifs is 2. The zero-order valence-corrected chi connectivity index (χ0v) is 34.8. The summed E-state index contributed by atoms with van der Waals surface area (Å²) < 4.78 is 5.88. The fraction of sp³-hybridized carbons (Fsp3) is 0.455. The minimum absolute atomic E-state index is 0. The van der Waals surface area contributed by atoms with Gasteiger partial charge in [0.15, 0.2) is 5.78 Å². The molecule has 0 aliphatic rings. The molecule has 7 heteroatoms. The van der Waals surface area contributed by atoms with Crippen LogP contribution in [0.1, 0.15) is 113 Å². The van der Waals surface area contributed by atoms with Crippen LogP contribution in [0.2, 0.25) is 0 Å². The second-order valence-corrected chi connectivity index (χ2v) is 15.5. The van der Waals surface area contributed by atoms with Gasteiger partial charge in [0.2, 0.25) is 0 Å². The van der Waals surface area contributed by atoms with Gasteiger partial charge in [-0.1, -0.05) is 105 Å². The first-order valence-electron chi connectivity index (χ1n) is 18.2. The summed E-state index contributed by atoms with van der Waals surface area (Å²) >= 11 is 0. The Morgan fingerprint density at radius 1 is 0.863 bits per heavy atom. The third kappa shape index (κ3) is 9.42. The SMILES string of the molecule is CC(C)Cc1ncc(-c2cc(-c3[c-]c4ccccc4c(C(C)(C)C)c3)ncn2)c2occc12.CCC(C)(CC)C(=O)/C=C(\O)C(C)(CC)CC.[Ir]. The third-order valence-corrected chi connectivity index (χ3v) is 10.6. The summed E-state index contributed by atoms with van der Waals surface area (Å²) in [4.78, 5) is 26.1. The average molecular weight is 867 g/mol. The molecule has 0 saturated carbocycles. The maximum Gasteiger partial charge on any atom is 0.164 e. The number of pyridine rings is 1. The summed E-state index contributed by atoms with van der Waals surface area (Å²) in [5.41, 5.74) is 6.02. The molecule has 51 heavy (non-hydrogen) atoms. The van der Waals surface area contributed by atoms with E-state index in [4.69, 9.17) is 9.40 Å². The number of aromatic nitrogens is 3. The Kier molecular flexibility index (Phi) is 14.1. The van der Waals surface area contributed by atoms with E-state index in [9.17, 15) is 9.90 Å². The Labute approximate surface area is 319 Å². The quantitative estimate of drug-likeness (QED) is 0.0808. The van der Waals surface area contributed by atoms with Crippen LogP contribution in [0.15, 0.2) is 77.5 Å². The van der Waals surface area contributed by atoms with Crippen LogP contribution >= 0.6 is 0 Å². The molecule has 0 fully saturated rings. The number of carbonyl (C=O) groups is 1. The van der Waals surface area contributed by atoms with Gasteiger partial charge in [0.05, 0.1) is 23.2 Å². The van der Waals surface area contributed by atoms with Gasteiger partial charge in [-0.25, -0.2) is 4.98 Å². The molecule has 0 amide bonds. The zero-order chi connectivity index (χ0) is 36.9. The number of aliphatic hydroxyl groups is 1. The summed E-state index contributed by atoms with van der Waals surface area (Å²) in [6, 6.07) is 18.2.